The van der Waals surface area contributed by atoms with Crippen LogP contribution in [0.25, 0.3) is 6.08 Å². The molecule has 3 heterocycles. The first-order valence-electron chi connectivity index (χ1n) is 11.1. The summed E-state index contributed by atoms with van der Waals surface area (Å²) in [6, 6.07) is 16.5. The van der Waals surface area contributed by atoms with Crippen molar-refractivity contribution in [2.45, 2.75) is 31.0 Å². The van der Waals surface area contributed by atoms with Crippen LogP contribution in [0.5, 0.6) is 0 Å². The number of nitrogens with zero attached hydrogens (tertiary/aromatic N) is 3. The van der Waals surface area contributed by atoms with Crippen molar-refractivity contribution in [2.75, 3.05) is 6.54 Å². The molecule has 0 atom stereocenters. The highest BCUT2D eigenvalue weighted by Gasteiger charge is 2.26. The number of rotatable bonds is 7. The molecule has 0 aliphatic carbocycles. The van der Waals surface area contributed by atoms with E-state index in [1.165, 1.54) is 27.8 Å². The normalized spacial score (nSPS) is 14.1. The lowest BCUT2D eigenvalue weighted by Gasteiger charge is -2.21. The van der Waals surface area contributed by atoms with E-state index in [1.54, 1.807) is 59.2 Å². The standard InChI is InChI=1S/C25H21Cl2N3O4S2/c26-18-4-2-17(3-5-18)15-29(36(32,33)22-10-6-19(27)7-11-22)16-21-9-8-20(34-21)14-23-24(31)30-13-1-12-28-25(30)35-23/h2-11,14H,1,12-13,15-16H2/b23-14-. The lowest BCUT2D eigenvalue weighted by Crippen LogP contribution is -2.33. The Balaban J connectivity index is 1.46. The van der Waals surface area contributed by atoms with Gasteiger partial charge in [0, 0.05) is 35.8 Å². The van der Waals surface area contributed by atoms with E-state index >= 15 is 0 Å². The zero-order valence-electron chi connectivity index (χ0n) is 18.9. The average Bonchev–Trinajstić information content (AvgIpc) is 3.44. The quantitative estimate of drug-likeness (QED) is 0.340. The lowest BCUT2D eigenvalue weighted by molar-refractivity contribution is 0.357. The summed E-state index contributed by atoms with van der Waals surface area (Å²) in [7, 11) is -3.87. The molecule has 2 aromatic heterocycles. The Hall–Kier alpha value is -2.69. The first-order chi connectivity index (χ1) is 17.3. The molecular formula is C25H21Cl2N3O4S2. The second-order valence-electron chi connectivity index (χ2n) is 8.24. The minimum absolute atomic E-state index is 0.00329. The molecule has 0 radical (unpaired) electrons. The van der Waals surface area contributed by atoms with Crippen LogP contribution in [0.1, 0.15) is 23.5 Å². The SMILES string of the molecule is O=c1/c(=C/c2ccc(CN(Cc3ccc(Cl)cc3)S(=O)(=O)c3ccc(Cl)cc3)o2)sc2n1CCCN=2. The van der Waals surface area contributed by atoms with Crippen LogP contribution < -0.4 is 14.9 Å². The summed E-state index contributed by atoms with van der Waals surface area (Å²) < 4.78 is 36.5. The van der Waals surface area contributed by atoms with Gasteiger partial charge in [-0.15, -0.1) is 0 Å². The lowest BCUT2D eigenvalue weighted by atomic mass is 10.2. The molecule has 2 aromatic carbocycles. The van der Waals surface area contributed by atoms with Gasteiger partial charge in [-0.05, 0) is 60.5 Å². The van der Waals surface area contributed by atoms with Gasteiger partial charge < -0.3 is 4.42 Å². The van der Waals surface area contributed by atoms with Gasteiger partial charge in [0.15, 0.2) is 4.80 Å². The van der Waals surface area contributed by atoms with Crippen molar-refractivity contribution in [2.24, 2.45) is 4.99 Å². The number of benzene rings is 2. The summed E-state index contributed by atoms with van der Waals surface area (Å²) in [6.07, 6.45) is 2.52. The molecular weight excluding hydrogens is 541 g/mol. The van der Waals surface area contributed by atoms with Crippen LogP contribution in [0.15, 0.2) is 79.8 Å². The monoisotopic (exact) mass is 561 g/mol. The van der Waals surface area contributed by atoms with Crippen molar-refractivity contribution in [3.8, 4) is 0 Å². The van der Waals surface area contributed by atoms with Gasteiger partial charge in [-0.2, -0.15) is 4.31 Å². The summed E-state index contributed by atoms with van der Waals surface area (Å²) >= 11 is 13.3. The van der Waals surface area contributed by atoms with Crippen molar-refractivity contribution >= 4 is 50.6 Å². The van der Waals surface area contributed by atoms with Crippen LogP contribution in [0.2, 0.25) is 10.0 Å². The highest BCUT2D eigenvalue weighted by Crippen LogP contribution is 2.24. The highest BCUT2D eigenvalue weighted by atomic mass is 35.5. The summed E-state index contributed by atoms with van der Waals surface area (Å²) in [5.74, 6) is 0.912. The average molecular weight is 562 g/mol. The summed E-state index contributed by atoms with van der Waals surface area (Å²) in [5, 5.41) is 1.01. The van der Waals surface area contributed by atoms with Gasteiger partial charge in [0.05, 0.1) is 16.0 Å². The van der Waals surface area contributed by atoms with Gasteiger partial charge in [0.1, 0.15) is 11.5 Å². The molecule has 0 spiro atoms. The van der Waals surface area contributed by atoms with Crippen molar-refractivity contribution in [1.82, 2.24) is 8.87 Å². The Bertz CT molecular complexity index is 1670. The minimum atomic E-state index is -3.87. The van der Waals surface area contributed by atoms with E-state index < -0.39 is 10.0 Å². The number of aromatic nitrogens is 1. The van der Waals surface area contributed by atoms with Crippen LogP contribution >= 0.6 is 34.5 Å². The molecule has 7 nitrogen and oxygen atoms in total. The van der Waals surface area contributed by atoms with E-state index in [1.807, 2.05) is 0 Å². The molecule has 0 fully saturated rings. The molecule has 11 heteroatoms. The number of fused-ring (bicyclic) bond motifs is 1. The first-order valence-corrected chi connectivity index (χ1v) is 14.2. The number of furan rings is 1. The Labute approximate surface area is 221 Å². The van der Waals surface area contributed by atoms with Gasteiger partial charge in [0.2, 0.25) is 10.0 Å². The first kappa shape index (κ1) is 25.0. The molecule has 186 valence electrons. The Morgan fingerprint density at radius 3 is 2.39 bits per heavy atom. The summed E-state index contributed by atoms with van der Waals surface area (Å²) in [4.78, 5) is 17.9. The number of halogens is 2. The number of thiazole rings is 1. The molecule has 4 aromatic rings. The third-order valence-corrected chi connectivity index (χ3v) is 9.04. The maximum atomic E-state index is 13.5. The van der Waals surface area contributed by atoms with Crippen LogP contribution in [-0.2, 0) is 29.7 Å². The van der Waals surface area contributed by atoms with Gasteiger partial charge in [-0.1, -0.05) is 46.7 Å². The molecule has 1 aliphatic heterocycles. The van der Waals surface area contributed by atoms with E-state index in [4.69, 9.17) is 27.6 Å². The molecule has 36 heavy (non-hydrogen) atoms. The van der Waals surface area contributed by atoms with Crippen LogP contribution in [0.4, 0.5) is 0 Å². The molecule has 0 unspecified atom stereocenters. The number of hydrogen-bond acceptors (Lipinski definition) is 6. The molecule has 0 saturated heterocycles. The summed E-state index contributed by atoms with van der Waals surface area (Å²) in [6.45, 7) is 1.49. The second-order valence-corrected chi connectivity index (χ2v) is 12.1. The van der Waals surface area contributed by atoms with Crippen LogP contribution in [-0.4, -0.2) is 23.8 Å². The number of sulfonamides is 1. The van der Waals surface area contributed by atoms with Crippen molar-refractivity contribution in [1.29, 1.82) is 0 Å². The van der Waals surface area contributed by atoms with E-state index in [-0.39, 0.29) is 23.5 Å². The Morgan fingerprint density at radius 1 is 1.00 bits per heavy atom. The van der Waals surface area contributed by atoms with E-state index in [9.17, 15) is 13.2 Å². The van der Waals surface area contributed by atoms with Crippen molar-refractivity contribution in [3.05, 3.63) is 107 Å². The third kappa shape index (κ3) is 5.35. The van der Waals surface area contributed by atoms with Crippen molar-refractivity contribution < 1.29 is 12.8 Å². The fourth-order valence-electron chi connectivity index (χ4n) is 3.86. The van der Waals surface area contributed by atoms with Gasteiger partial charge >= 0.3 is 0 Å². The fourth-order valence-corrected chi connectivity index (χ4v) is 6.52. The maximum Gasteiger partial charge on any atom is 0.270 e. The topological polar surface area (TPSA) is 84.9 Å². The molecule has 5 rings (SSSR count). The number of hydrogen-bond donors (Lipinski definition) is 0. The predicted octanol–water partition coefficient (Wildman–Crippen LogP) is 4.05. The second kappa shape index (κ2) is 10.4. The minimum Gasteiger partial charge on any atom is -0.460 e. The highest BCUT2D eigenvalue weighted by molar-refractivity contribution is 7.89. The Kier molecular flexibility index (Phi) is 7.18. The third-order valence-electron chi connectivity index (χ3n) is 5.69. The molecule has 0 bridgehead atoms. The fraction of sp³-hybridized carbons (Fsp3) is 0.200. The van der Waals surface area contributed by atoms with Gasteiger partial charge in [-0.25, -0.2) is 8.42 Å². The molecule has 1 aliphatic rings. The van der Waals surface area contributed by atoms with E-state index in [0.29, 0.717) is 37.4 Å². The molecule has 0 amide bonds. The smallest absolute Gasteiger partial charge is 0.270 e. The van der Waals surface area contributed by atoms with Crippen LogP contribution in [0, 0.1) is 0 Å². The molecule has 0 N–H and O–H groups in total. The Morgan fingerprint density at radius 2 is 1.69 bits per heavy atom. The maximum absolute atomic E-state index is 13.5. The zero-order valence-corrected chi connectivity index (χ0v) is 22.1. The van der Waals surface area contributed by atoms with Crippen molar-refractivity contribution in [3.63, 3.8) is 0 Å². The van der Waals surface area contributed by atoms with Gasteiger partial charge in [-0.3, -0.25) is 14.4 Å². The van der Waals surface area contributed by atoms with E-state index in [2.05, 4.69) is 4.99 Å². The van der Waals surface area contributed by atoms with Crippen LogP contribution in [0.3, 0.4) is 0 Å². The zero-order chi connectivity index (χ0) is 25.3. The summed E-state index contributed by atoms with van der Waals surface area (Å²) in [5.41, 5.74) is 0.683. The molecule has 0 saturated carbocycles. The largest absolute Gasteiger partial charge is 0.460 e. The predicted molar refractivity (Wildman–Crippen MR) is 140 cm³/mol. The van der Waals surface area contributed by atoms with Gasteiger partial charge in [0.25, 0.3) is 5.56 Å². The van der Waals surface area contributed by atoms with E-state index in [0.717, 1.165) is 18.5 Å².